The van der Waals surface area contributed by atoms with E-state index in [9.17, 15) is 8.42 Å². The van der Waals surface area contributed by atoms with E-state index in [0.29, 0.717) is 42.2 Å². The summed E-state index contributed by atoms with van der Waals surface area (Å²) >= 11 is 5.16. The van der Waals surface area contributed by atoms with Gasteiger partial charge in [0.25, 0.3) is 0 Å². The third-order valence-corrected chi connectivity index (χ3v) is 6.24. The number of rotatable bonds is 6. The lowest BCUT2D eigenvalue weighted by atomic mass is 10.0. The first-order valence-corrected chi connectivity index (χ1v) is 9.92. The quantitative estimate of drug-likeness (QED) is 0.589. The molecule has 2 N–H and O–H groups in total. The van der Waals surface area contributed by atoms with E-state index in [4.69, 9.17) is 17.0 Å². The first-order valence-electron chi connectivity index (χ1n) is 8.07. The first-order chi connectivity index (χ1) is 11.4. The molecule has 1 fully saturated rings. The fourth-order valence-corrected chi connectivity index (χ4v) is 4.22. The van der Waals surface area contributed by atoms with Crippen molar-refractivity contribution < 1.29 is 13.2 Å². The van der Waals surface area contributed by atoms with Gasteiger partial charge in [-0.1, -0.05) is 6.92 Å². The van der Waals surface area contributed by atoms with Gasteiger partial charge in [0, 0.05) is 32.4 Å². The molecule has 0 bridgehead atoms. The summed E-state index contributed by atoms with van der Waals surface area (Å²) in [6.45, 7) is 4.53. The summed E-state index contributed by atoms with van der Waals surface area (Å²) in [6, 6.07) is 6.69. The van der Waals surface area contributed by atoms with Gasteiger partial charge >= 0.3 is 0 Å². The van der Waals surface area contributed by atoms with Crippen LogP contribution in [-0.2, 0) is 14.8 Å². The summed E-state index contributed by atoms with van der Waals surface area (Å²) in [6.07, 6.45) is 1.83. The predicted molar refractivity (Wildman–Crippen MR) is 99.7 cm³/mol. The number of thiocarbonyl (C=S) groups is 1. The number of methoxy groups -OCH3 is 1. The van der Waals surface area contributed by atoms with Crippen molar-refractivity contribution in [2.45, 2.75) is 24.7 Å². The van der Waals surface area contributed by atoms with Crippen molar-refractivity contribution in [2.24, 2.45) is 5.92 Å². The molecular formula is C16H25N3O3S2. The molecule has 0 radical (unpaired) electrons. The normalized spacial score (nSPS) is 16.8. The first kappa shape index (κ1) is 19.1. The lowest BCUT2D eigenvalue weighted by molar-refractivity contribution is 0.204. The third kappa shape index (κ3) is 5.14. The number of ether oxygens (including phenoxy) is 1. The van der Waals surface area contributed by atoms with Crippen molar-refractivity contribution in [1.82, 2.24) is 9.62 Å². The van der Waals surface area contributed by atoms with Crippen molar-refractivity contribution in [3.05, 3.63) is 24.3 Å². The van der Waals surface area contributed by atoms with Gasteiger partial charge in [0.2, 0.25) is 10.0 Å². The van der Waals surface area contributed by atoms with Gasteiger partial charge in [-0.2, -0.15) is 4.31 Å². The number of hydrogen-bond acceptors (Lipinski definition) is 4. The van der Waals surface area contributed by atoms with Crippen LogP contribution in [0.2, 0.25) is 0 Å². The maximum absolute atomic E-state index is 12.7. The highest BCUT2D eigenvalue weighted by Gasteiger charge is 2.27. The Bertz CT molecular complexity index is 639. The lowest BCUT2D eigenvalue weighted by Crippen LogP contribution is -2.37. The highest BCUT2D eigenvalue weighted by atomic mass is 32.2. The second-order valence-electron chi connectivity index (χ2n) is 5.98. The van der Waals surface area contributed by atoms with Crippen LogP contribution in [-0.4, -0.2) is 51.2 Å². The summed E-state index contributed by atoms with van der Waals surface area (Å²) in [5, 5.41) is 6.50. The highest BCUT2D eigenvalue weighted by molar-refractivity contribution is 7.89. The molecule has 6 nitrogen and oxygen atoms in total. The van der Waals surface area contributed by atoms with Gasteiger partial charge in [-0.15, -0.1) is 0 Å². The van der Waals surface area contributed by atoms with Crippen molar-refractivity contribution in [1.29, 1.82) is 0 Å². The maximum Gasteiger partial charge on any atom is 0.243 e. The molecule has 0 atom stereocenters. The van der Waals surface area contributed by atoms with E-state index < -0.39 is 10.0 Å². The number of benzene rings is 1. The van der Waals surface area contributed by atoms with Crippen molar-refractivity contribution in [3.63, 3.8) is 0 Å². The molecule has 2 rings (SSSR count). The van der Waals surface area contributed by atoms with Crippen molar-refractivity contribution in [3.8, 4) is 0 Å². The summed E-state index contributed by atoms with van der Waals surface area (Å²) in [4.78, 5) is 0.320. The van der Waals surface area contributed by atoms with Crippen LogP contribution in [0.5, 0.6) is 0 Å². The number of hydrogen-bond donors (Lipinski definition) is 2. The van der Waals surface area contributed by atoms with Crippen LogP contribution < -0.4 is 10.6 Å². The Morgan fingerprint density at radius 2 is 1.92 bits per heavy atom. The van der Waals surface area contributed by atoms with Gasteiger partial charge in [0.1, 0.15) is 0 Å². The number of sulfonamides is 1. The molecule has 1 aliphatic heterocycles. The molecule has 24 heavy (non-hydrogen) atoms. The fraction of sp³-hybridized carbons (Fsp3) is 0.562. The van der Waals surface area contributed by atoms with E-state index in [1.807, 2.05) is 0 Å². The van der Waals surface area contributed by atoms with Gasteiger partial charge in [0.15, 0.2) is 5.11 Å². The van der Waals surface area contributed by atoms with E-state index in [1.54, 1.807) is 35.7 Å². The minimum Gasteiger partial charge on any atom is -0.383 e. The zero-order chi connectivity index (χ0) is 17.6. The number of piperidine rings is 1. The summed E-state index contributed by atoms with van der Waals surface area (Å²) in [7, 11) is -1.78. The standard InChI is InChI=1S/C16H25N3O3S2/c1-13-7-10-19(11-8-13)24(20,21)15-5-3-14(4-6-15)18-16(23)17-9-12-22-2/h3-6,13H,7-12H2,1-2H3,(H2,17,18,23). The summed E-state index contributed by atoms with van der Waals surface area (Å²) in [5.74, 6) is 0.592. The monoisotopic (exact) mass is 371 g/mol. The van der Waals surface area contributed by atoms with E-state index in [2.05, 4.69) is 17.6 Å². The molecule has 1 aromatic carbocycles. The largest absolute Gasteiger partial charge is 0.383 e. The Kier molecular flexibility index (Phi) is 6.97. The number of anilines is 1. The molecule has 1 aromatic rings. The van der Waals surface area contributed by atoms with Crippen LogP contribution >= 0.6 is 12.2 Å². The van der Waals surface area contributed by atoms with Crippen molar-refractivity contribution in [2.75, 3.05) is 38.7 Å². The molecule has 0 aliphatic carbocycles. The van der Waals surface area contributed by atoms with Crippen LogP contribution in [0, 0.1) is 5.92 Å². The van der Waals surface area contributed by atoms with Crippen LogP contribution in [0.25, 0.3) is 0 Å². The molecule has 0 unspecified atom stereocenters. The molecule has 1 heterocycles. The summed E-state index contributed by atoms with van der Waals surface area (Å²) in [5.41, 5.74) is 0.746. The van der Waals surface area contributed by atoms with E-state index >= 15 is 0 Å². The second kappa shape index (κ2) is 8.75. The van der Waals surface area contributed by atoms with Gasteiger partial charge in [0.05, 0.1) is 11.5 Å². The second-order valence-corrected chi connectivity index (χ2v) is 8.33. The smallest absolute Gasteiger partial charge is 0.243 e. The van der Waals surface area contributed by atoms with Gasteiger partial charge in [-0.3, -0.25) is 0 Å². The van der Waals surface area contributed by atoms with Gasteiger partial charge < -0.3 is 15.4 Å². The van der Waals surface area contributed by atoms with Crippen LogP contribution in [0.15, 0.2) is 29.2 Å². The molecule has 0 amide bonds. The third-order valence-electron chi connectivity index (χ3n) is 4.08. The van der Waals surface area contributed by atoms with Crippen LogP contribution in [0.4, 0.5) is 5.69 Å². The molecule has 0 aromatic heterocycles. The minimum atomic E-state index is -3.41. The predicted octanol–water partition coefficient (Wildman–Crippen LogP) is 2.04. The average Bonchev–Trinajstić information content (AvgIpc) is 2.56. The molecule has 1 saturated heterocycles. The van der Waals surface area contributed by atoms with E-state index in [1.165, 1.54) is 0 Å². The Morgan fingerprint density at radius 1 is 1.29 bits per heavy atom. The minimum absolute atomic E-state index is 0.320. The maximum atomic E-state index is 12.7. The Morgan fingerprint density at radius 3 is 2.50 bits per heavy atom. The molecule has 0 spiro atoms. The molecular weight excluding hydrogens is 346 g/mol. The molecule has 134 valence electrons. The Labute approximate surface area is 149 Å². The van der Waals surface area contributed by atoms with Crippen molar-refractivity contribution >= 4 is 33.0 Å². The fourth-order valence-electron chi connectivity index (χ4n) is 2.53. The average molecular weight is 372 g/mol. The Hall–Kier alpha value is -1.22. The highest BCUT2D eigenvalue weighted by Crippen LogP contribution is 2.24. The molecule has 1 aliphatic rings. The van der Waals surface area contributed by atoms with Crippen LogP contribution in [0.1, 0.15) is 19.8 Å². The van der Waals surface area contributed by atoms with E-state index in [-0.39, 0.29) is 0 Å². The van der Waals surface area contributed by atoms with E-state index in [0.717, 1.165) is 18.5 Å². The molecule has 8 heteroatoms. The van der Waals surface area contributed by atoms with Gasteiger partial charge in [-0.05, 0) is 55.2 Å². The lowest BCUT2D eigenvalue weighted by Gasteiger charge is -2.29. The zero-order valence-electron chi connectivity index (χ0n) is 14.1. The van der Waals surface area contributed by atoms with Gasteiger partial charge in [-0.25, -0.2) is 8.42 Å². The summed E-state index contributed by atoms with van der Waals surface area (Å²) < 4.78 is 31.8. The van der Waals surface area contributed by atoms with Crippen LogP contribution in [0.3, 0.4) is 0 Å². The number of nitrogens with zero attached hydrogens (tertiary/aromatic N) is 1. The number of nitrogens with one attached hydrogen (secondary N) is 2. The topological polar surface area (TPSA) is 70.7 Å². The zero-order valence-corrected chi connectivity index (χ0v) is 15.8. The SMILES string of the molecule is COCCNC(=S)Nc1ccc(S(=O)(=O)N2CCC(C)CC2)cc1. The molecule has 0 saturated carbocycles. The Balaban J connectivity index is 1.97.